The van der Waals surface area contributed by atoms with Gasteiger partial charge in [-0.3, -0.25) is 15.0 Å². The lowest BCUT2D eigenvalue weighted by molar-refractivity contribution is -0.384. The predicted octanol–water partition coefficient (Wildman–Crippen LogP) is 2.56. The van der Waals surface area contributed by atoms with Crippen LogP contribution < -0.4 is 10.4 Å². The van der Waals surface area contributed by atoms with Crippen LogP contribution in [0.25, 0.3) is 0 Å². The molecule has 2 aromatic carbocycles. The third-order valence-electron chi connectivity index (χ3n) is 4.23. The van der Waals surface area contributed by atoms with Gasteiger partial charge in [-0.25, -0.2) is 10.3 Å². The lowest BCUT2D eigenvalue weighted by Crippen LogP contribution is -2.51. The van der Waals surface area contributed by atoms with Crippen molar-refractivity contribution in [2.75, 3.05) is 31.1 Å². The third kappa shape index (κ3) is 4.28. The summed E-state index contributed by atoms with van der Waals surface area (Å²) in [7, 11) is 0. The van der Waals surface area contributed by atoms with Crippen molar-refractivity contribution in [3.05, 3.63) is 70.3 Å². The highest BCUT2D eigenvalue weighted by atomic mass is 16.7. The molecule has 1 heterocycles. The van der Waals surface area contributed by atoms with Crippen molar-refractivity contribution < 1.29 is 14.6 Å². The van der Waals surface area contributed by atoms with Crippen molar-refractivity contribution in [3.63, 3.8) is 0 Å². The number of amides is 2. The fraction of sp³-hybridized carbons (Fsp3) is 0.278. The molecule has 3 rings (SSSR count). The lowest BCUT2D eigenvalue weighted by atomic mass is 10.2. The minimum absolute atomic E-state index is 0.0802. The van der Waals surface area contributed by atoms with Crippen LogP contribution >= 0.6 is 0 Å². The molecule has 1 fully saturated rings. The highest BCUT2D eigenvalue weighted by molar-refractivity contribution is 5.73. The monoisotopic (exact) mass is 356 g/mol. The van der Waals surface area contributed by atoms with Crippen molar-refractivity contribution in [2.45, 2.75) is 6.61 Å². The summed E-state index contributed by atoms with van der Waals surface area (Å²) in [6.07, 6.45) is 0. The average Bonchev–Trinajstić information content (AvgIpc) is 2.69. The zero-order valence-electron chi connectivity index (χ0n) is 14.2. The Bertz CT molecular complexity index is 761. The number of rotatable bonds is 5. The van der Waals surface area contributed by atoms with E-state index in [2.05, 4.69) is 5.48 Å². The number of nitrogens with zero attached hydrogens (tertiary/aromatic N) is 3. The highest BCUT2D eigenvalue weighted by Crippen LogP contribution is 2.28. The zero-order valence-corrected chi connectivity index (χ0v) is 14.2. The number of nitro groups is 1. The fourth-order valence-corrected chi connectivity index (χ4v) is 2.86. The highest BCUT2D eigenvalue weighted by Gasteiger charge is 2.25. The van der Waals surface area contributed by atoms with Crippen LogP contribution in [0, 0.1) is 10.1 Å². The van der Waals surface area contributed by atoms with Crippen molar-refractivity contribution in [3.8, 4) is 0 Å². The number of hydrogen-bond donors (Lipinski definition) is 1. The third-order valence-corrected chi connectivity index (χ3v) is 4.23. The molecule has 0 unspecified atom stereocenters. The number of nitro benzene ring substituents is 1. The molecule has 1 N–H and O–H groups in total. The van der Waals surface area contributed by atoms with Crippen LogP contribution in [0.4, 0.5) is 16.2 Å². The minimum atomic E-state index is -0.383. The molecule has 1 aliphatic rings. The van der Waals surface area contributed by atoms with Crippen molar-refractivity contribution in [1.82, 2.24) is 10.4 Å². The molecule has 2 aromatic rings. The summed E-state index contributed by atoms with van der Waals surface area (Å²) in [6.45, 7) is 2.27. The second-order valence-corrected chi connectivity index (χ2v) is 5.90. The molecule has 1 aliphatic heterocycles. The standard InChI is InChI=1S/C18H20N4O4/c23-18(19-26-14-15-6-2-1-3-7-15)21-12-10-20(11-13-21)16-8-4-5-9-17(16)22(24)25/h1-9H,10-14H2,(H,19,23). The number of hydrogen-bond acceptors (Lipinski definition) is 5. The molecule has 0 saturated carbocycles. The van der Waals surface area contributed by atoms with E-state index < -0.39 is 0 Å². The lowest BCUT2D eigenvalue weighted by Gasteiger charge is -2.35. The van der Waals surface area contributed by atoms with Gasteiger partial charge in [0.05, 0.1) is 11.5 Å². The van der Waals surface area contributed by atoms with E-state index in [9.17, 15) is 14.9 Å². The van der Waals surface area contributed by atoms with Gasteiger partial charge in [-0.15, -0.1) is 0 Å². The summed E-state index contributed by atoms with van der Waals surface area (Å²) in [5.74, 6) is 0. The molecule has 0 spiro atoms. The van der Waals surface area contributed by atoms with Gasteiger partial charge < -0.3 is 9.80 Å². The van der Waals surface area contributed by atoms with Crippen molar-refractivity contribution >= 4 is 17.4 Å². The number of para-hydroxylation sites is 2. The number of carbonyl (C=O) groups excluding carboxylic acids is 1. The Labute approximate surface area is 151 Å². The van der Waals surface area contributed by atoms with Crippen LogP contribution in [-0.2, 0) is 11.4 Å². The number of urea groups is 1. The molecule has 0 aromatic heterocycles. The van der Waals surface area contributed by atoms with E-state index in [1.165, 1.54) is 6.07 Å². The molecule has 136 valence electrons. The van der Waals surface area contributed by atoms with Crippen LogP contribution in [0.3, 0.4) is 0 Å². The predicted molar refractivity (Wildman–Crippen MR) is 96.6 cm³/mol. The normalized spacial score (nSPS) is 14.2. The molecule has 8 nitrogen and oxygen atoms in total. The molecule has 0 radical (unpaired) electrons. The first kappa shape index (κ1) is 17.7. The number of carbonyl (C=O) groups is 1. The van der Waals surface area contributed by atoms with Crippen LogP contribution in [0.15, 0.2) is 54.6 Å². The van der Waals surface area contributed by atoms with Gasteiger partial charge >= 0.3 is 6.03 Å². The molecule has 0 aliphatic carbocycles. The van der Waals surface area contributed by atoms with Crippen molar-refractivity contribution in [2.24, 2.45) is 0 Å². The minimum Gasteiger partial charge on any atom is -0.362 e. The summed E-state index contributed by atoms with van der Waals surface area (Å²) >= 11 is 0. The van der Waals surface area contributed by atoms with Gasteiger partial charge in [-0.2, -0.15) is 0 Å². The summed E-state index contributed by atoms with van der Waals surface area (Å²) < 4.78 is 0. The van der Waals surface area contributed by atoms with Gasteiger partial charge in [0.1, 0.15) is 5.69 Å². The van der Waals surface area contributed by atoms with Crippen molar-refractivity contribution in [1.29, 1.82) is 0 Å². The van der Waals surface area contributed by atoms with Crippen LogP contribution in [0.2, 0.25) is 0 Å². The number of anilines is 1. The quantitative estimate of drug-likeness (QED) is 0.657. The summed E-state index contributed by atoms with van der Waals surface area (Å²) in [5.41, 5.74) is 4.07. The van der Waals surface area contributed by atoms with E-state index in [4.69, 9.17) is 4.84 Å². The maximum Gasteiger partial charge on any atom is 0.341 e. The number of benzene rings is 2. The Hall–Kier alpha value is -3.13. The molecule has 1 saturated heterocycles. The Morgan fingerprint density at radius 2 is 1.69 bits per heavy atom. The first-order valence-corrected chi connectivity index (χ1v) is 8.34. The Morgan fingerprint density at radius 3 is 2.38 bits per heavy atom. The Morgan fingerprint density at radius 1 is 1.04 bits per heavy atom. The largest absolute Gasteiger partial charge is 0.362 e. The molecule has 2 amide bonds. The first-order valence-electron chi connectivity index (χ1n) is 8.34. The van der Waals surface area contributed by atoms with E-state index in [0.717, 1.165) is 5.56 Å². The molecule has 8 heteroatoms. The zero-order chi connectivity index (χ0) is 18.4. The maximum absolute atomic E-state index is 12.2. The SMILES string of the molecule is O=C(NOCc1ccccc1)N1CCN(c2ccccc2[N+](=O)[O-])CC1. The van der Waals surface area contributed by atoms with E-state index in [0.29, 0.717) is 38.5 Å². The van der Waals surface area contributed by atoms with E-state index in [1.807, 2.05) is 35.2 Å². The topological polar surface area (TPSA) is 88.0 Å². The number of piperazine rings is 1. The van der Waals surface area contributed by atoms with Crippen LogP contribution in [-0.4, -0.2) is 42.0 Å². The second-order valence-electron chi connectivity index (χ2n) is 5.90. The molecule has 0 atom stereocenters. The first-order chi connectivity index (χ1) is 12.6. The maximum atomic E-state index is 12.2. The molecule has 0 bridgehead atoms. The van der Waals surface area contributed by atoms with Gasteiger partial charge in [0.2, 0.25) is 0 Å². The summed E-state index contributed by atoms with van der Waals surface area (Å²) in [5, 5.41) is 11.2. The molecule has 26 heavy (non-hydrogen) atoms. The van der Waals surface area contributed by atoms with E-state index >= 15 is 0 Å². The van der Waals surface area contributed by atoms with Gasteiger partial charge in [0, 0.05) is 32.2 Å². The molecular formula is C18H20N4O4. The van der Waals surface area contributed by atoms with E-state index in [-0.39, 0.29) is 16.6 Å². The van der Waals surface area contributed by atoms with Gasteiger partial charge in [-0.1, -0.05) is 42.5 Å². The smallest absolute Gasteiger partial charge is 0.341 e. The van der Waals surface area contributed by atoms with E-state index in [1.54, 1.807) is 23.1 Å². The van der Waals surface area contributed by atoms with Gasteiger partial charge in [-0.05, 0) is 11.6 Å². The average molecular weight is 356 g/mol. The Balaban J connectivity index is 1.49. The second kappa shape index (κ2) is 8.30. The van der Waals surface area contributed by atoms with Gasteiger partial charge in [0.15, 0.2) is 0 Å². The van der Waals surface area contributed by atoms with Crippen LogP contribution in [0.5, 0.6) is 0 Å². The fourth-order valence-electron chi connectivity index (χ4n) is 2.86. The Kier molecular flexibility index (Phi) is 5.65. The van der Waals surface area contributed by atoms with Crippen LogP contribution in [0.1, 0.15) is 5.56 Å². The number of hydroxylamine groups is 1. The summed E-state index contributed by atoms with van der Waals surface area (Å²) in [4.78, 5) is 31.8. The van der Waals surface area contributed by atoms with Gasteiger partial charge in [0.25, 0.3) is 5.69 Å². The molecular weight excluding hydrogens is 336 g/mol. The summed E-state index contributed by atoms with van der Waals surface area (Å²) in [6, 6.07) is 15.9. The number of nitrogens with one attached hydrogen (secondary N) is 1.